The molecule has 0 aromatic heterocycles. The number of sulfonamides is 1. The number of rotatable bonds is 4. The Morgan fingerprint density at radius 2 is 2.16 bits per heavy atom. The highest BCUT2D eigenvalue weighted by molar-refractivity contribution is 7.89. The van der Waals surface area contributed by atoms with Crippen LogP contribution in [0.5, 0.6) is 0 Å². The molecule has 0 saturated heterocycles. The Hall–Kier alpha value is -0.980. The van der Waals surface area contributed by atoms with Gasteiger partial charge in [-0.1, -0.05) is 12.5 Å². The van der Waals surface area contributed by atoms with Gasteiger partial charge in [-0.25, -0.2) is 17.5 Å². The van der Waals surface area contributed by atoms with Crippen molar-refractivity contribution in [1.29, 1.82) is 0 Å². The lowest BCUT2D eigenvalue weighted by Gasteiger charge is -2.19. The maximum absolute atomic E-state index is 13.8. The van der Waals surface area contributed by atoms with Gasteiger partial charge >= 0.3 is 0 Å². The summed E-state index contributed by atoms with van der Waals surface area (Å²) in [5.74, 6) is -0.571. The van der Waals surface area contributed by atoms with Crippen molar-refractivity contribution in [2.75, 3.05) is 6.54 Å². The molecule has 0 spiro atoms. The maximum atomic E-state index is 13.8. The van der Waals surface area contributed by atoms with Gasteiger partial charge in [0.1, 0.15) is 10.7 Å². The van der Waals surface area contributed by atoms with Crippen LogP contribution < -0.4 is 10.5 Å². The Morgan fingerprint density at radius 1 is 1.42 bits per heavy atom. The molecule has 3 N–H and O–H groups in total. The highest BCUT2D eigenvalue weighted by Gasteiger charge is 2.31. The van der Waals surface area contributed by atoms with Gasteiger partial charge in [0.05, 0.1) is 0 Å². The molecule has 1 aromatic rings. The van der Waals surface area contributed by atoms with E-state index in [1.54, 1.807) is 13.0 Å². The van der Waals surface area contributed by atoms with Crippen molar-refractivity contribution in [2.24, 2.45) is 11.7 Å². The summed E-state index contributed by atoms with van der Waals surface area (Å²) in [7, 11) is -3.81. The van der Waals surface area contributed by atoms with Crippen LogP contribution in [0, 0.1) is 18.7 Å². The van der Waals surface area contributed by atoms with Crippen molar-refractivity contribution in [3.05, 3.63) is 29.6 Å². The van der Waals surface area contributed by atoms with Crippen LogP contribution in [0.25, 0.3) is 0 Å². The summed E-state index contributed by atoms with van der Waals surface area (Å²) in [5.41, 5.74) is 6.31. The third-order valence-corrected chi connectivity index (χ3v) is 5.17. The van der Waals surface area contributed by atoms with Crippen molar-refractivity contribution < 1.29 is 12.8 Å². The Bertz CT molecular complexity index is 560. The van der Waals surface area contributed by atoms with E-state index in [4.69, 9.17) is 5.73 Å². The Morgan fingerprint density at radius 3 is 2.79 bits per heavy atom. The predicted molar refractivity (Wildman–Crippen MR) is 71.6 cm³/mol. The SMILES string of the molecule is Cc1ccc(S(=O)(=O)NC2CCCC2CN)c(F)c1. The zero-order chi connectivity index (χ0) is 14.0. The average Bonchev–Trinajstić information content (AvgIpc) is 2.74. The van der Waals surface area contributed by atoms with Crippen molar-refractivity contribution >= 4 is 10.0 Å². The summed E-state index contributed by atoms with van der Waals surface area (Å²) >= 11 is 0. The second-order valence-electron chi connectivity index (χ2n) is 5.09. The highest BCUT2D eigenvalue weighted by Crippen LogP contribution is 2.26. The number of hydrogen-bond acceptors (Lipinski definition) is 3. The molecule has 0 amide bonds. The molecule has 1 aromatic carbocycles. The Labute approximate surface area is 113 Å². The van der Waals surface area contributed by atoms with Crippen molar-refractivity contribution in [1.82, 2.24) is 4.72 Å². The number of nitrogens with one attached hydrogen (secondary N) is 1. The van der Waals surface area contributed by atoms with E-state index in [9.17, 15) is 12.8 Å². The summed E-state index contributed by atoms with van der Waals surface area (Å²) in [6, 6.07) is 3.94. The monoisotopic (exact) mass is 286 g/mol. The second-order valence-corrected chi connectivity index (χ2v) is 6.77. The van der Waals surface area contributed by atoms with E-state index in [-0.39, 0.29) is 16.9 Å². The van der Waals surface area contributed by atoms with Crippen molar-refractivity contribution in [3.8, 4) is 0 Å². The molecule has 19 heavy (non-hydrogen) atoms. The van der Waals surface area contributed by atoms with Crippen LogP contribution in [-0.4, -0.2) is 21.0 Å². The van der Waals surface area contributed by atoms with Crippen LogP contribution in [0.15, 0.2) is 23.1 Å². The summed E-state index contributed by atoms with van der Waals surface area (Å²) in [6.07, 6.45) is 2.63. The van der Waals surface area contributed by atoms with Gasteiger partial charge < -0.3 is 5.73 Å². The summed E-state index contributed by atoms with van der Waals surface area (Å²) in [4.78, 5) is -0.291. The third kappa shape index (κ3) is 3.13. The molecule has 106 valence electrons. The summed E-state index contributed by atoms with van der Waals surface area (Å²) in [6.45, 7) is 2.16. The third-order valence-electron chi connectivity index (χ3n) is 3.65. The molecule has 1 aliphatic carbocycles. The first-order valence-corrected chi connectivity index (χ1v) is 7.91. The smallest absolute Gasteiger partial charge is 0.243 e. The quantitative estimate of drug-likeness (QED) is 0.882. The van der Waals surface area contributed by atoms with Gasteiger partial charge in [0.2, 0.25) is 10.0 Å². The Kier molecular flexibility index (Phi) is 4.23. The van der Waals surface area contributed by atoms with Crippen LogP contribution in [-0.2, 0) is 10.0 Å². The van der Waals surface area contributed by atoms with E-state index < -0.39 is 15.8 Å². The van der Waals surface area contributed by atoms with Crippen LogP contribution in [0.4, 0.5) is 4.39 Å². The first-order valence-electron chi connectivity index (χ1n) is 6.42. The van der Waals surface area contributed by atoms with E-state index >= 15 is 0 Å². The summed E-state index contributed by atoms with van der Waals surface area (Å²) < 4.78 is 40.7. The molecule has 0 heterocycles. The fraction of sp³-hybridized carbons (Fsp3) is 0.538. The van der Waals surface area contributed by atoms with Gasteiger partial charge in [-0.15, -0.1) is 0 Å². The Balaban J connectivity index is 2.23. The predicted octanol–water partition coefficient (Wildman–Crippen LogP) is 1.54. The van der Waals surface area contributed by atoms with Crippen LogP contribution in [0.3, 0.4) is 0 Å². The molecule has 4 nitrogen and oxygen atoms in total. The molecule has 2 atom stereocenters. The highest BCUT2D eigenvalue weighted by atomic mass is 32.2. The molecule has 1 fully saturated rings. The van der Waals surface area contributed by atoms with Crippen molar-refractivity contribution in [3.63, 3.8) is 0 Å². The van der Waals surface area contributed by atoms with E-state index in [2.05, 4.69) is 4.72 Å². The second kappa shape index (κ2) is 5.56. The lowest BCUT2D eigenvalue weighted by molar-refractivity contribution is 0.451. The molecule has 2 rings (SSSR count). The number of hydrogen-bond donors (Lipinski definition) is 2. The molecule has 1 saturated carbocycles. The number of nitrogens with two attached hydrogens (primary N) is 1. The normalized spacial score (nSPS) is 23.7. The zero-order valence-corrected chi connectivity index (χ0v) is 11.7. The first kappa shape index (κ1) is 14.4. The van der Waals surface area contributed by atoms with Crippen molar-refractivity contribution in [2.45, 2.75) is 37.1 Å². The molecule has 0 aliphatic heterocycles. The lowest BCUT2D eigenvalue weighted by Crippen LogP contribution is -2.40. The standard InChI is InChI=1S/C13H19FN2O2S/c1-9-5-6-13(11(14)7-9)19(17,18)16-12-4-2-3-10(12)8-15/h5-7,10,12,16H,2-4,8,15H2,1H3. The number of aryl methyl sites for hydroxylation is 1. The molecule has 0 bridgehead atoms. The largest absolute Gasteiger partial charge is 0.330 e. The molecular weight excluding hydrogens is 267 g/mol. The van der Waals surface area contributed by atoms with Crippen LogP contribution in [0.2, 0.25) is 0 Å². The van der Waals surface area contributed by atoms with Crippen LogP contribution >= 0.6 is 0 Å². The van der Waals surface area contributed by atoms with Gasteiger partial charge in [0.15, 0.2) is 0 Å². The average molecular weight is 286 g/mol. The molecule has 6 heteroatoms. The van der Waals surface area contributed by atoms with Crippen LogP contribution in [0.1, 0.15) is 24.8 Å². The first-order chi connectivity index (χ1) is 8.94. The minimum atomic E-state index is -3.81. The van der Waals surface area contributed by atoms with E-state index in [1.165, 1.54) is 12.1 Å². The maximum Gasteiger partial charge on any atom is 0.243 e. The minimum Gasteiger partial charge on any atom is -0.330 e. The number of benzene rings is 1. The fourth-order valence-corrected chi connectivity index (χ4v) is 3.96. The molecule has 2 unspecified atom stereocenters. The molecular formula is C13H19FN2O2S. The lowest BCUT2D eigenvalue weighted by atomic mass is 10.1. The molecule has 1 aliphatic rings. The van der Waals surface area contributed by atoms with Gasteiger partial charge in [0, 0.05) is 6.04 Å². The topological polar surface area (TPSA) is 72.2 Å². The fourth-order valence-electron chi connectivity index (χ4n) is 2.56. The molecule has 0 radical (unpaired) electrons. The summed E-state index contributed by atoms with van der Waals surface area (Å²) in [5, 5.41) is 0. The van der Waals surface area contributed by atoms with E-state index in [0.29, 0.717) is 12.1 Å². The van der Waals surface area contributed by atoms with Gasteiger partial charge in [0.25, 0.3) is 0 Å². The van der Waals surface area contributed by atoms with Gasteiger partial charge in [-0.2, -0.15) is 0 Å². The van der Waals surface area contributed by atoms with Gasteiger partial charge in [-0.05, 0) is 49.9 Å². The van der Waals surface area contributed by atoms with E-state index in [0.717, 1.165) is 19.3 Å². The van der Waals surface area contributed by atoms with E-state index in [1.807, 2.05) is 0 Å². The van der Waals surface area contributed by atoms with Gasteiger partial charge in [-0.3, -0.25) is 0 Å². The zero-order valence-electron chi connectivity index (χ0n) is 10.9. The number of halogens is 1. The minimum absolute atomic E-state index is 0.142.